The Hall–Kier alpha value is -1.66. The van der Waals surface area contributed by atoms with Gasteiger partial charge in [-0.3, -0.25) is 4.79 Å². The van der Waals surface area contributed by atoms with Crippen LogP contribution in [0.1, 0.15) is 17.0 Å². The molecule has 0 aliphatic rings. The van der Waals surface area contributed by atoms with E-state index in [-0.39, 0.29) is 5.97 Å². The van der Waals surface area contributed by atoms with Crippen molar-refractivity contribution in [2.45, 2.75) is 19.4 Å². The third-order valence-corrected chi connectivity index (χ3v) is 3.79. The minimum Gasteiger partial charge on any atom is -0.469 e. The Kier molecular flexibility index (Phi) is 5.31. The summed E-state index contributed by atoms with van der Waals surface area (Å²) in [5.41, 5.74) is 1.11. The average molecular weight is 312 g/mol. The summed E-state index contributed by atoms with van der Waals surface area (Å²) in [6.45, 7) is 0.656. The van der Waals surface area contributed by atoms with Gasteiger partial charge in [-0.2, -0.15) is 0 Å². The van der Waals surface area contributed by atoms with Crippen LogP contribution in [0.15, 0.2) is 24.3 Å². The fourth-order valence-corrected chi connectivity index (χ4v) is 2.38. The number of hydrogen-bond donors (Lipinski definition) is 1. The van der Waals surface area contributed by atoms with E-state index < -0.39 is 0 Å². The van der Waals surface area contributed by atoms with Crippen molar-refractivity contribution in [3.8, 4) is 0 Å². The van der Waals surface area contributed by atoms with Gasteiger partial charge in [0.25, 0.3) is 0 Å². The van der Waals surface area contributed by atoms with E-state index in [1.165, 1.54) is 18.4 Å². The van der Waals surface area contributed by atoms with Gasteiger partial charge in [0.05, 0.1) is 13.5 Å². The first-order valence-corrected chi connectivity index (χ1v) is 7.24. The van der Waals surface area contributed by atoms with Crippen molar-refractivity contribution >= 4 is 34.0 Å². The molecule has 0 atom stereocenters. The van der Waals surface area contributed by atoms with Gasteiger partial charge in [-0.05, 0) is 17.7 Å². The third kappa shape index (κ3) is 4.47. The Labute approximate surface area is 125 Å². The lowest BCUT2D eigenvalue weighted by molar-refractivity contribution is -0.140. The number of aromatic nitrogens is 2. The molecule has 2 rings (SSSR count). The molecular weight excluding hydrogens is 298 g/mol. The van der Waals surface area contributed by atoms with Gasteiger partial charge < -0.3 is 10.1 Å². The first-order chi connectivity index (χ1) is 9.67. The number of anilines is 1. The molecule has 5 nitrogen and oxygen atoms in total. The summed E-state index contributed by atoms with van der Waals surface area (Å²) in [5.74, 6) is -0.240. The van der Waals surface area contributed by atoms with Crippen molar-refractivity contribution in [1.82, 2.24) is 10.2 Å². The molecule has 0 unspecified atom stereocenters. The maximum Gasteiger partial charge on any atom is 0.305 e. The Balaban J connectivity index is 1.83. The summed E-state index contributed by atoms with van der Waals surface area (Å²) in [4.78, 5) is 11.0. The lowest BCUT2D eigenvalue weighted by Gasteiger charge is -2.01. The van der Waals surface area contributed by atoms with Crippen LogP contribution < -0.4 is 5.32 Å². The Morgan fingerprint density at radius 2 is 2.10 bits per heavy atom. The molecule has 0 fully saturated rings. The van der Waals surface area contributed by atoms with Crippen LogP contribution in [0.2, 0.25) is 5.02 Å². The standard InChI is InChI=1S/C13H14ClN3O2S/c1-19-12(18)7-6-11-16-17-13(20-11)15-8-9-2-4-10(14)5-3-9/h2-5H,6-8H2,1H3,(H,15,17). The van der Waals surface area contributed by atoms with Gasteiger partial charge in [0.15, 0.2) is 0 Å². The van der Waals surface area contributed by atoms with Gasteiger partial charge in [0.2, 0.25) is 5.13 Å². The van der Waals surface area contributed by atoms with Crippen LogP contribution in [0.3, 0.4) is 0 Å². The average Bonchev–Trinajstić information content (AvgIpc) is 2.92. The van der Waals surface area contributed by atoms with E-state index in [9.17, 15) is 4.79 Å². The van der Waals surface area contributed by atoms with E-state index in [1.807, 2.05) is 24.3 Å². The molecule has 106 valence electrons. The largest absolute Gasteiger partial charge is 0.469 e. The maximum atomic E-state index is 11.0. The molecule has 1 N–H and O–H groups in total. The summed E-state index contributed by atoms with van der Waals surface area (Å²) in [6.07, 6.45) is 0.870. The predicted octanol–water partition coefficient (Wildman–Crippen LogP) is 2.91. The molecule has 0 aliphatic heterocycles. The van der Waals surface area contributed by atoms with Gasteiger partial charge in [0.1, 0.15) is 5.01 Å². The number of hydrogen-bond acceptors (Lipinski definition) is 6. The minimum atomic E-state index is -0.240. The van der Waals surface area contributed by atoms with Crippen LogP contribution in [0, 0.1) is 0 Å². The number of nitrogens with one attached hydrogen (secondary N) is 1. The molecule has 0 radical (unpaired) electrons. The first-order valence-electron chi connectivity index (χ1n) is 6.05. The fraction of sp³-hybridized carbons (Fsp3) is 0.308. The van der Waals surface area contributed by atoms with Gasteiger partial charge in [0, 0.05) is 18.0 Å². The topological polar surface area (TPSA) is 64.1 Å². The Morgan fingerprint density at radius 3 is 2.80 bits per heavy atom. The van der Waals surface area contributed by atoms with Crippen LogP contribution >= 0.6 is 22.9 Å². The van der Waals surface area contributed by atoms with E-state index in [1.54, 1.807) is 0 Å². The SMILES string of the molecule is COC(=O)CCc1nnc(NCc2ccc(Cl)cc2)s1. The van der Waals surface area contributed by atoms with Gasteiger partial charge in [-0.15, -0.1) is 10.2 Å². The normalized spacial score (nSPS) is 10.3. The molecule has 0 amide bonds. The second-order valence-corrected chi connectivity index (χ2v) is 5.56. The van der Waals surface area contributed by atoms with Crippen molar-refractivity contribution in [2.75, 3.05) is 12.4 Å². The zero-order chi connectivity index (χ0) is 14.4. The van der Waals surface area contributed by atoms with Gasteiger partial charge in [-0.1, -0.05) is 35.1 Å². The molecule has 2 aromatic rings. The summed E-state index contributed by atoms with van der Waals surface area (Å²) >= 11 is 7.27. The molecule has 0 spiro atoms. The van der Waals surface area contributed by atoms with Crippen LogP contribution in [-0.2, 0) is 22.5 Å². The van der Waals surface area contributed by atoms with Crippen molar-refractivity contribution in [1.29, 1.82) is 0 Å². The number of carbonyl (C=O) groups is 1. The highest BCUT2D eigenvalue weighted by Gasteiger charge is 2.07. The van der Waals surface area contributed by atoms with Crippen molar-refractivity contribution < 1.29 is 9.53 Å². The molecule has 0 saturated heterocycles. The summed E-state index contributed by atoms with van der Waals surface area (Å²) in [7, 11) is 1.38. The van der Waals surface area contributed by atoms with Crippen LogP contribution in [-0.4, -0.2) is 23.3 Å². The lowest BCUT2D eigenvalue weighted by atomic mass is 10.2. The zero-order valence-electron chi connectivity index (χ0n) is 10.9. The Morgan fingerprint density at radius 1 is 1.35 bits per heavy atom. The number of methoxy groups -OCH3 is 1. The van der Waals surface area contributed by atoms with E-state index in [4.69, 9.17) is 11.6 Å². The zero-order valence-corrected chi connectivity index (χ0v) is 12.5. The van der Waals surface area contributed by atoms with Gasteiger partial charge >= 0.3 is 5.97 Å². The molecule has 7 heteroatoms. The maximum absolute atomic E-state index is 11.0. The molecule has 0 saturated carbocycles. The first kappa shape index (κ1) is 14.7. The number of benzene rings is 1. The van der Waals surface area contributed by atoms with E-state index in [2.05, 4.69) is 20.3 Å². The minimum absolute atomic E-state index is 0.240. The van der Waals surface area contributed by atoms with E-state index >= 15 is 0 Å². The fourth-order valence-electron chi connectivity index (χ4n) is 1.52. The molecule has 1 heterocycles. The predicted molar refractivity (Wildman–Crippen MR) is 79.0 cm³/mol. The molecule has 20 heavy (non-hydrogen) atoms. The number of halogens is 1. The Bertz CT molecular complexity index is 571. The van der Waals surface area contributed by atoms with Crippen molar-refractivity contribution in [3.05, 3.63) is 39.9 Å². The lowest BCUT2D eigenvalue weighted by Crippen LogP contribution is -2.01. The van der Waals surface area contributed by atoms with Crippen LogP contribution in [0.4, 0.5) is 5.13 Å². The van der Waals surface area contributed by atoms with Crippen LogP contribution in [0.5, 0.6) is 0 Å². The highest BCUT2D eigenvalue weighted by Crippen LogP contribution is 2.18. The molecule has 0 bridgehead atoms. The number of nitrogens with zero attached hydrogens (tertiary/aromatic N) is 2. The van der Waals surface area contributed by atoms with Crippen molar-refractivity contribution in [3.63, 3.8) is 0 Å². The number of aryl methyl sites for hydroxylation is 1. The second-order valence-electron chi connectivity index (χ2n) is 4.06. The second kappa shape index (κ2) is 7.21. The van der Waals surface area contributed by atoms with E-state index in [0.717, 1.165) is 20.7 Å². The molecule has 1 aromatic heterocycles. The summed E-state index contributed by atoms with van der Waals surface area (Å²) in [5, 5.41) is 13.5. The quantitative estimate of drug-likeness (QED) is 0.831. The monoisotopic (exact) mass is 311 g/mol. The van der Waals surface area contributed by atoms with E-state index in [0.29, 0.717) is 19.4 Å². The van der Waals surface area contributed by atoms with Crippen molar-refractivity contribution in [2.24, 2.45) is 0 Å². The van der Waals surface area contributed by atoms with Gasteiger partial charge in [-0.25, -0.2) is 0 Å². The summed E-state index contributed by atoms with van der Waals surface area (Å²) < 4.78 is 4.58. The molecule has 1 aromatic carbocycles. The van der Waals surface area contributed by atoms with Crippen LogP contribution in [0.25, 0.3) is 0 Å². The number of ether oxygens (including phenoxy) is 1. The number of carbonyl (C=O) groups excluding carboxylic acids is 1. The summed E-state index contributed by atoms with van der Waals surface area (Å²) in [6, 6.07) is 7.60. The highest BCUT2D eigenvalue weighted by atomic mass is 35.5. The molecule has 0 aliphatic carbocycles. The highest BCUT2D eigenvalue weighted by molar-refractivity contribution is 7.15. The number of rotatable bonds is 6. The third-order valence-electron chi connectivity index (χ3n) is 2.59. The molecular formula is C13H14ClN3O2S. The number of esters is 1. The smallest absolute Gasteiger partial charge is 0.305 e.